The van der Waals surface area contributed by atoms with Crippen LogP contribution in [0, 0.1) is 0 Å². The van der Waals surface area contributed by atoms with Crippen molar-refractivity contribution < 1.29 is 8.76 Å². The molecular weight excluding hydrogens is 428 g/mol. The Bertz CT molecular complexity index is 273. The van der Waals surface area contributed by atoms with Crippen LogP contribution in [0.15, 0.2) is 0 Å². The summed E-state index contributed by atoms with van der Waals surface area (Å²) in [4.78, 5) is 0. The van der Waals surface area contributed by atoms with Gasteiger partial charge in [0.15, 0.2) is 0 Å². The summed E-state index contributed by atoms with van der Waals surface area (Å²) < 4.78 is 20.9. The zero-order chi connectivity index (χ0) is 16.7. The van der Waals surface area contributed by atoms with Gasteiger partial charge in [0.2, 0.25) is 0 Å². The molecule has 0 aromatic carbocycles. The van der Waals surface area contributed by atoms with E-state index in [1.165, 1.54) is 77.0 Å². The molecule has 0 spiro atoms. The van der Waals surface area contributed by atoms with E-state index in [1.807, 2.05) is 0 Å². The minimum Gasteiger partial charge on any atom is -0.771 e. The maximum atomic E-state index is 10.9. The van der Waals surface area contributed by atoms with Crippen molar-refractivity contribution in [3.8, 4) is 0 Å². The van der Waals surface area contributed by atoms with Crippen molar-refractivity contribution in [1.29, 1.82) is 0 Å². The molecule has 0 aliphatic carbocycles. The third-order valence-corrected chi connectivity index (χ3v) is 7.14. The van der Waals surface area contributed by atoms with Crippen molar-refractivity contribution in [2.24, 2.45) is 0 Å². The van der Waals surface area contributed by atoms with E-state index in [1.54, 1.807) is 0 Å². The first-order chi connectivity index (χ1) is 10.5. The molecule has 22 heavy (non-hydrogen) atoms. The van der Waals surface area contributed by atoms with E-state index in [0.717, 1.165) is 12.8 Å². The molecule has 0 heterocycles. The lowest BCUT2D eigenvalue weighted by Gasteiger charge is -2.22. The molecule has 1 atom stereocenters. The van der Waals surface area contributed by atoms with E-state index in [9.17, 15) is 8.76 Å². The molecule has 0 rings (SSSR count). The lowest BCUT2D eigenvalue weighted by molar-refractivity contribution is 0.518. The highest BCUT2D eigenvalue weighted by Crippen LogP contribution is 2.35. The Morgan fingerprint density at radius 3 is 1.36 bits per heavy atom. The summed E-state index contributed by atoms with van der Waals surface area (Å²) in [6.45, 7) is 2.26. The number of alkyl halides is 2. The molecule has 2 nitrogen and oxygen atoms in total. The summed E-state index contributed by atoms with van der Waals surface area (Å²) in [6.07, 6.45) is 19.1. The van der Waals surface area contributed by atoms with E-state index in [-0.39, 0.29) is 0 Å². The SMILES string of the molecule is CCCCCCCCCCCCCCCCC(Br)(Br)S(=O)[O-]. The summed E-state index contributed by atoms with van der Waals surface area (Å²) >= 11 is 4.27. The van der Waals surface area contributed by atoms with Crippen LogP contribution in [-0.2, 0) is 11.1 Å². The van der Waals surface area contributed by atoms with Gasteiger partial charge < -0.3 is 4.55 Å². The molecule has 5 heteroatoms. The van der Waals surface area contributed by atoms with E-state index in [4.69, 9.17) is 0 Å². The topological polar surface area (TPSA) is 40.1 Å². The van der Waals surface area contributed by atoms with E-state index < -0.39 is 13.6 Å². The maximum absolute atomic E-state index is 10.9. The minimum atomic E-state index is -2.11. The molecule has 0 fully saturated rings. The fourth-order valence-electron chi connectivity index (χ4n) is 2.61. The molecule has 0 aliphatic rings. The highest BCUT2D eigenvalue weighted by Gasteiger charge is 2.22. The van der Waals surface area contributed by atoms with Gasteiger partial charge in [-0.15, -0.1) is 0 Å². The average molecular weight is 461 g/mol. The summed E-state index contributed by atoms with van der Waals surface area (Å²) in [6, 6.07) is 0. The monoisotopic (exact) mass is 459 g/mol. The predicted molar refractivity (Wildman–Crippen MR) is 104 cm³/mol. The Hall–Kier alpha value is 1.07. The van der Waals surface area contributed by atoms with Crippen molar-refractivity contribution in [2.45, 2.75) is 106 Å². The second-order valence-electron chi connectivity index (χ2n) is 6.22. The quantitative estimate of drug-likeness (QED) is 0.139. The Labute approximate surface area is 157 Å². The number of halogens is 2. The highest BCUT2D eigenvalue weighted by atomic mass is 79.9. The van der Waals surface area contributed by atoms with Gasteiger partial charge >= 0.3 is 0 Å². The van der Waals surface area contributed by atoms with Crippen LogP contribution in [0.5, 0.6) is 0 Å². The Kier molecular flexibility index (Phi) is 16.3. The Morgan fingerprint density at radius 2 is 1.05 bits per heavy atom. The van der Waals surface area contributed by atoms with Crippen LogP contribution in [0.25, 0.3) is 0 Å². The van der Waals surface area contributed by atoms with Gasteiger partial charge in [-0.05, 0) is 17.5 Å². The fourth-order valence-corrected chi connectivity index (χ4v) is 3.48. The van der Waals surface area contributed by atoms with Gasteiger partial charge in [-0.25, -0.2) is 0 Å². The van der Waals surface area contributed by atoms with Gasteiger partial charge in [0.1, 0.15) is 2.57 Å². The molecule has 0 aromatic heterocycles. The molecule has 0 aliphatic heterocycles. The van der Waals surface area contributed by atoms with E-state index in [2.05, 4.69) is 38.8 Å². The average Bonchev–Trinajstić information content (AvgIpc) is 2.47. The summed E-state index contributed by atoms with van der Waals surface area (Å²) in [5, 5.41) is 0. The molecule has 0 N–H and O–H groups in total. The fraction of sp³-hybridized carbons (Fsp3) is 1.00. The van der Waals surface area contributed by atoms with Crippen LogP contribution in [0.2, 0.25) is 0 Å². The van der Waals surface area contributed by atoms with Crippen LogP contribution >= 0.6 is 31.9 Å². The first kappa shape index (κ1) is 23.1. The van der Waals surface area contributed by atoms with Crippen molar-refractivity contribution in [3.05, 3.63) is 0 Å². The molecule has 1 unspecified atom stereocenters. The lowest BCUT2D eigenvalue weighted by Crippen LogP contribution is -2.17. The van der Waals surface area contributed by atoms with Gasteiger partial charge in [-0.1, -0.05) is 129 Å². The molecule has 0 radical (unpaired) electrons. The Morgan fingerprint density at radius 1 is 0.727 bits per heavy atom. The second-order valence-corrected chi connectivity index (χ2v) is 12.2. The largest absolute Gasteiger partial charge is 0.771 e. The normalized spacial score (nSPS) is 13.5. The smallest absolute Gasteiger partial charge is 0.141 e. The molecule has 134 valence electrons. The number of rotatable bonds is 16. The van der Waals surface area contributed by atoms with Gasteiger partial charge in [-0.3, -0.25) is 4.21 Å². The first-order valence-electron chi connectivity index (χ1n) is 8.98. The van der Waals surface area contributed by atoms with Crippen molar-refractivity contribution >= 4 is 42.9 Å². The lowest BCUT2D eigenvalue weighted by atomic mass is 10.0. The third-order valence-electron chi connectivity index (χ3n) is 4.07. The molecule has 0 amide bonds. The molecule has 0 saturated carbocycles. The third kappa shape index (κ3) is 14.6. The number of unbranched alkanes of at least 4 members (excludes halogenated alkanes) is 13. The van der Waals surface area contributed by atoms with Crippen LogP contribution in [-0.4, -0.2) is 11.3 Å². The summed E-state index contributed by atoms with van der Waals surface area (Å²) in [5.74, 6) is 0. The Balaban J connectivity index is 3.16. The van der Waals surface area contributed by atoms with Crippen molar-refractivity contribution in [1.82, 2.24) is 0 Å². The predicted octanol–water partition coefficient (Wildman–Crippen LogP) is 7.18. The number of hydrogen-bond acceptors (Lipinski definition) is 2. The van der Waals surface area contributed by atoms with Crippen LogP contribution in [0.4, 0.5) is 0 Å². The van der Waals surface area contributed by atoms with Crippen LogP contribution in [0.3, 0.4) is 0 Å². The minimum absolute atomic E-state index is 0.626. The molecular formula is C17H33Br2O2S-. The van der Waals surface area contributed by atoms with Crippen LogP contribution < -0.4 is 0 Å². The van der Waals surface area contributed by atoms with Gasteiger partial charge in [-0.2, -0.15) is 0 Å². The summed E-state index contributed by atoms with van der Waals surface area (Å²) in [7, 11) is 0. The van der Waals surface area contributed by atoms with Gasteiger partial charge in [0, 0.05) is 0 Å². The van der Waals surface area contributed by atoms with Gasteiger partial charge in [0.05, 0.1) is 0 Å². The van der Waals surface area contributed by atoms with E-state index in [0.29, 0.717) is 6.42 Å². The molecule has 0 saturated heterocycles. The summed E-state index contributed by atoms with van der Waals surface area (Å²) in [5.41, 5.74) is 0. The van der Waals surface area contributed by atoms with Crippen LogP contribution in [0.1, 0.15) is 103 Å². The van der Waals surface area contributed by atoms with Crippen molar-refractivity contribution in [2.75, 3.05) is 0 Å². The second kappa shape index (κ2) is 15.6. The number of hydrogen-bond donors (Lipinski definition) is 0. The molecule has 0 bridgehead atoms. The van der Waals surface area contributed by atoms with E-state index >= 15 is 0 Å². The van der Waals surface area contributed by atoms with Crippen molar-refractivity contribution in [3.63, 3.8) is 0 Å². The zero-order valence-corrected chi connectivity index (χ0v) is 18.1. The van der Waals surface area contributed by atoms with Gasteiger partial charge in [0.25, 0.3) is 0 Å². The standard InChI is InChI=1S/C17H34Br2O2S/c1-2-3-4-5-6-7-8-9-10-11-12-13-14-15-16-17(18,19)22(20)21/h2-16H2,1H3,(H,20,21)/p-1. The highest BCUT2D eigenvalue weighted by molar-refractivity contribution is 9.27. The molecule has 0 aromatic rings. The maximum Gasteiger partial charge on any atom is 0.141 e. The zero-order valence-electron chi connectivity index (χ0n) is 14.1. The first-order valence-corrected chi connectivity index (χ1v) is 11.6.